The smallest absolute Gasteiger partial charge is 0.311 e. The summed E-state index contributed by atoms with van der Waals surface area (Å²) in [5, 5.41) is 9.45. The van der Waals surface area contributed by atoms with Crippen molar-refractivity contribution < 1.29 is 9.90 Å². The first-order valence-corrected chi connectivity index (χ1v) is 6.18. The van der Waals surface area contributed by atoms with Gasteiger partial charge in [0.1, 0.15) is 0 Å². The van der Waals surface area contributed by atoms with Crippen molar-refractivity contribution in [3.63, 3.8) is 0 Å². The maximum atomic E-state index is 11.5. The predicted molar refractivity (Wildman–Crippen MR) is 67.9 cm³/mol. The van der Waals surface area contributed by atoms with E-state index in [4.69, 9.17) is 5.73 Å². The molecule has 1 aliphatic rings. The van der Waals surface area contributed by atoms with Crippen LogP contribution in [-0.2, 0) is 4.79 Å². The monoisotopic (exact) mass is 233 g/mol. The van der Waals surface area contributed by atoms with E-state index >= 15 is 0 Å². The van der Waals surface area contributed by atoms with Gasteiger partial charge in [-0.15, -0.1) is 0 Å². The largest absolute Gasteiger partial charge is 0.481 e. The topological polar surface area (TPSA) is 63.3 Å². The lowest BCUT2D eigenvalue weighted by Gasteiger charge is -2.21. The van der Waals surface area contributed by atoms with Crippen LogP contribution in [0.4, 0.5) is 5.69 Å². The minimum absolute atomic E-state index is 0.247. The van der Waals surface area contributed by atoms with Crippen molar-refractivity contribution in [2.45, 2.75) is 38.5 Å². The first kappa shape index (κ1) is 12.0. The lowest BCUT2D eigenvalue weighted by molar-refractivity contribution is -0.140. The van der Waals surface area contributed by atoms with Crippen LogP contribution in [0, 0.1) is 12.8 Å². The molecule has 0 bridgehead atoms. The molecule has 3 heteroatoms. The predicted octanol–water partition coefficient (Wildman–Crippen LogP) is 2.94. The summed E-state index contributed by atoms with van der Waals surface area (Å²) < 4.78 is 0. The van der Waals surface area contributed by atoms with Gasteiger partial charge >= 0.3 is 5.97 Å². The molecule has 2 rings (SSSR count). The van der Waals surface area contributed by atoms with Crippen LogP contribution in [0.1, 0.15) is 42.7 Å². The second-order valence-corrected chi connectivity index (χ2v) is 4.99. The third-order valence-electron chi connectivity index (χ3n) is 3.71. The van der Waals surface area contributed by atoms with Crippen LogP contribution in [0.25, 0.3) is 0 Å². The summed E-state index contributed by atoms with van der Waals surface area (Å²) in [7, 11) is 0. The van der Waals surface area contributed by atoms with Crippen molar-refractivity contribution in [1.82, 2.24) is 0 Å². The summed E-state index contributed by atoms with van der Waals surface area (Å²) in [4.78, 5) is 11.5. The van der Waals surface area contributed by atoms with Crippen LogP contribution in [0.5, 0.6) is 0 Å². The maximum absolute atomic E-state index is 11.5. The molecule has 17 heavy (non-hydrogen) atoms. The molecule has 3 N–H and O–H groups in total. The summed E-state index contributed by atoms with van der Waals surface area (Å²) in [5.41, 5.74) is 8.40. The van der Waals surface area contributed by atoms with E-state index in [9.17, 15) is 9.90 Å². The van der Waals surface area contributed by atoms with Gasteiger partial charge < -0.3 is 10.8 Å². The fraction of sp³-hybridized carbons (Fsp3) is 0.500. The molecular formula is C14H19NO2. The molecule has 1 atom stereocenters. The Morgan fingerprint density at radius 2 is 2.06 bits per heavy atom. The quantitative estimate of drug-likeness (QED) is 0.789. The fourth-order valence-corrected chi connectivity index (χ4v) is 2.84. The summed E-state index contributed by atoms with van der Waals surface area (Å²) in [6.07, 6.45) is 4.29. The van der Waals surface area contributed by atoms with Crippen LogP contribution in [0.15, 0.2) is 18.2 Å². The van der Waals surface area contributed by atoms with Crippen molar-refractivity contribution in [1.29, 1.82) is 0 Å². The number of hydrogen-bond acceptors (Lipinski definition) is 2. The molecule has 0 spiro atoms. The summed E-state index contributed by atoms with van der Waals surface area (Å²) in [6, 6.07) is 5.66. The SMILES string of the molecule is Cc1ccc(N)c(C(C(=O)O)C2CCCC2)c1. The highest BCUT2D eigenvalue weighted by atomic mass is 16.4. The van der Waals surface area contributed by atoms with Gasteiger partial charge in [-0.2, -0.15) is 0 Å². The molecule has 3 nitrogen and oxygen atoms in total. The van der Waals surface area contributed by atoms with Gasteiger partial charge in [0.2, 0.25) is 0 Å². The number of carbonyl (C=O) groups is 1. The third kappa shape index (κ3) is 2.43. The van der Waals surface area contributed by atoms with E-state index in [1.165, 1.54) is 0 Å². The van der Waals surface area contributed by atoms with E-state index < -0.39 is 11.9 Å². The Kier molecular flexibility index (Phi) is 3.36. The average molecular weight is 233 g/mol. The minimum atomic E-state index is -0.741. The average Bonchev–Trinajstić information content (AvgIpc) is 2.76. The summed E-state index contributed by atoms with van der Waals surface area (Å²) in [5.74, 6) is -0.928. The second-order valence-electron chi connectivity index (χ2n) is 4.99. The molecule has 1 fully saturated rings. The van der Waals surface area contributed by atoms with Crippen molar-refractivity contribution in [3.05, 3.63) is 29.3 Å². The Balaban J connectivity index is 2.37. The third-order valence-corrected chi connectivity index (χ3v) is 3.71. The van der Waals surface area contributed by atoms with Gasteiger partial charge in [-0.1, -0.05) is 30.5 Å². The molecule has 0 aromatic heterocycles. The van der Waals surface area contributed by atoms with E-state index in [0.29, 0.717) is 5.69 Å². The first-order valence-electron chi connectivity index (χ1n) is 6.18. The number of aliphatic carboxylic acids is 1. The highest BCUT2D eigenvalue weighted by molar-refractivity contribution is 5.79. The van der Waals surface area contributed by atoms with Gasteiger partial charge in [0.15, 0.2) is 0 Å². The van der Waals surface area contributed by atoms with Crippen LogP contribution in [0.2, 0.25) is 0 Å². The molecule has 0 radical (unpaired) electrons. The van der Waals surface area contributed by atoms with Crippen LogP contribution in [-0.4, -0.2) is 11.1 Å². The lowest BCUT2D eigenvalue weighted by Crippen LogP contribution is -2.21. The molecule has 0 heterocycles. The number of carboxylic acids is 1. The number of anilines is 1. The zero-order chi connectivity index (χ0) is 12.4. The molecular weight excluding hydrogens is 214 g/mol. The number of aryl methyl sites for hydroxylation is 1. The van der Waals surface area contributed by atoms with Crippen LogP contribution < -0.4 is 5.73 Å². The van der Waals surface area contributed by atoms with E-state index in [1.54, 1.807) is 0 Å². The highest BCUT2D eigenvalue weighted by Crippen LogP contribution is 2.39. The summed E-state index contributed by atoms with van der Waals surface area (Å²) >= 11 is 0. The van der Waals surface area contributed by atoms with Gasteiger partial charge in [0, 0.05) is 5.69 Å². The van der Waals surface area contributed by atoms with Crippen molar-refractivity contribution in [2.75, 3.05) is 5.73 Å². The number of nitrogen functional groups attached to an aromatic ring is 1. The van der Waals surface area contributed by atoms with Gasteiger partial charge in [-0.25, -0.2) is 0 Å². The van der Waals surface area contributed by atoms with Gasteiger partial charge in [0.25, 0.3) is 0 Å². The molecule has 0 aliphatic heterocycles. The van der Waals surface area contributed by atoms with Gasteiger partial charge in [0.05, 0.1) is 5.92 Å². The normalized spacial score (nSPS) is 18.2. The zero-order valence-electron chi connectivity index (χ0n) is 10.1. The Labute approximate surface area is 102 Å². The lowest BCUT2D eigenvalue weighted by atomic mass is 9.83. The van der Waals surface area contributed by atoms with Gasteiger partial charge in [-0.05, 0) is 37.3 Å². The molecule has 0 amide bonds. The first-order chi connectivity index (χ1) is 8.09. The van der Waals surface area contributed by atoms with Gasteiger partial charge in [-0.3, -0.25) is 4.79 Å². The number of nitrogens with two attached hydrogens (primary N) is 1. The Morgan fingerprint density at radius 1 is 1.41 bits per heavy atom. The summed E-state index contributed by atoms with van der Waals surface area (Å²) in [6.45, 7) is 1.97. The number of benzene rings is 1. The van der Waals surface area contributed by atoms with E-state index in [0.717, 1.165) is 36.8 Å². The molecule has 1 aromatic carbocycles. The highest BCUT2D eigenvalue weighted by Gasteiger charge is 2.33. The number of rotatable bonds is 3. The molecule has 1 aromatic rings. The Hall–Kier alpha value is -1.51. The Bertz CT molecular complexity index is 422. The second kappa shape index (κ2) is 4.78. The molecule has 0 saturated heterocycles. The van der Waals surface area contributed by atoms with Crippen LogP contribution in [0.3, 0.4) is 0 Å². The van der Waals surface area contributed by atoms with E-state index in [2.05, 4.69) is 0 Å². The van der Waals surface area contributed by atoms with Crippen molar-refractivity contribution in [2.24, 2.45) is 5.92 Å². The van der Waals surface area contributed by atoms with E-state index in [-0.39, 0.29) is 5.92 Å². The number of carboxylic acid groups (broad SMARTS) is 1. The van der Waals surface area contributed by atoms with Crippen molar-refractivity contribution in [3.8, 4) is 0 Å². The minimum Gasteiger partial charge on any atom is -0.481 e. The Morgan fingerprint density at radius 3 is 2.65 bits per heavy atom. The molecule has 92 valence electrons. The standard InChI is InChI=1S/C14H19NO2/c1-9-6-7-12(15)11(8-9)13(14(16)17)10-4-2-3-5-10/h6-8,10,13H,2-5,15H2,1H3,(H,16,17). The zero-order valence-corrected chi connectivity index (χ0v) is 10.1. The molecule has 1 aliphatic carbocycles. The molecule has 1 unspecified atom stereocenters. The van der Waals surface area contributed by atoms with Crippen molar-refractivity contribution >= 4 is 11.7 Å². The van der Waals surface area contributed by atoms with E-state index in [1.807, 2.05) is 25.1 Å². The maximum Gasteiger partial charge on any atom is 0.311 e. The molecule has 1 saturated carbocycles. The number of hydrogen-bond donors (Lipinski definition) is 2. The van der Waals surface area contributed by atoms with Crippen LogP contribution >= 0.6 is 0 Å². The fourth-order valence-electron chi connectivity index (χ4n) is 2.84.